The largest absolute Gasteiger partial charge is 0.469 e. The third kappa shape index (κ3) is 4.95. The number of halogens is 1. The summed E-state index contributed by atoms with van der Waals surface area (Å²) >= 11 is 0. The van der Waals surface area contributed by atoms with E-state index in [1.165, 1.54) is 18.4 Å². The number of carbonyl (C=O) groups excluding carboxylic acids is 2. The van der Waals surface area contributed by atoms with Crippen LogP contribution in [0.15, 0.2) is 51.5 Å². The summed E-state index contributed by atoms with van der Waals surface area (Å²) in [5.41, 5.74) is 2.10. The molecule has 2 aromatic carbocycles. The summed E-state index contributed by atoms with van der Waals surface area (Å²) in [6.45, 7) is 7.44. The Balaban J connectivity index is 1.48. The second kappa shape index (κ2) is 11.5. The second-order valence-corrected chi connectivity index (χ2v) is 13.0. The summed E-state index contributed by atoms with van der Waals surface area (Å²) in [5.74, 6) is -1.02. The molecule has 7 rings (SSSR count). The minimum absolute atomic E-state index is 0.101. The van der Waals surface area contributed by atoms with Gasteiger partial charge in [-0.15, -0.1) is 0 Å². The number of aliphatic hydroxyl groups excluding tert-OH is 1. The number of ether oxygens (including phenoxy) is 2. The van der Waals surface area contributed by atoms with E-state index in [1.807, 2.05) is 26.0 Å². The molecule has 2 aromatic heterocycles. The van der Waals surface area contributed by atoms with Crippen LogP contribution in [0.25, 0.3) is 11.6 Å². The molecule has 13 heteroatoms. The number of carbonyl (C=O) groups is 2. The molecular weight excluding hydrogens is 609 g/mol. The third-order valence-electron chi connectivity index (χ3n) is 9.05. The number of hydrogen-bond donors (Lipinski definition) is 4. The zero-order valence-corrected chi connectivity index (χ0v) is 26.6. The summed E-state index contributed by atoms with van der Waals surface area (Å²) in [4.78, 5) is 36.5. The lowest BCUT2D eigenvalue weighted by molar-refractivity contribution is -0.135. The van der Waals surface area contributed by atoms with Crippen molar-refractivity contribution in [1.82, 2.24) is 20.6 Å². The Morgan fingerprint density at radius 2 is 1.96 bits per heavy atom. The van der Waals surface area contributed by atoms with Crippen molar-refractivity contribution in [3.05, 3.63) is 82.5 Å². The molecule has 4 N–H and O–H groups in total. The number of methoxy groups -OCH3 is 1. The fraction of sp³-hybridized carbons (Fsp3) is 0.412. The van der Waals surface area contributed by atoms with E-state index < -0.39 is 47.5 Å². The number of aromatic nitrogens is 2. The molecule has 4 bridgehead atoms. The van der Waals surface area contributed by atoms with Crippen LogP contribution in [-0.4, -0.2) is 52.4 Å². The van der Waals surface area contributed by atoms with E-state index >= 15 is 4.39 Å². The first-order chi connectivity index (χ1) is 22.5. The standard InChI is InChI=1S/C34H36FN5O7/c1-15(2)25-32-40-26(31-36-19(13-44-5)14-45-31)28(47-32)34-20-12-18(35)7-8-22(20)38-33(34)46-24-9-6-17(10-21(24)34)11-23(29(42)39-25)37-30(43)27(41)16(3)4/h6-10,12,14-16,23,25,27,33,38,41H,11,13H2,1-5H3,(H,37,43)(H,39,42)/t23-,25?,27-,33?,34?/m0/s1. The smallest absolute Gasteiger partial charge is 0.249 e. The molecule has 0 saturated heterocycles. The highest BCUT2D eigenvalue weighted by molar-refractivity contribution is 5.90. The molecule has 0 fully saturated rings. The van der Waals surface area contributed by atoms with Gasteiger partial charge in [-0.1, -0.05) is 39.8 Å². The van der Waals surface area contributed by atoms with Crippen molar-refractivity contribution < 1.29 is 37.4 Å². The van der Waals surface area contributed by atoms with Crippen LogP contribution in [0.1, 0.15) is 67.8 Å². The maximum atomic E-state index is 15.1. The molecule has 0 radical (unpaired) electrons. The van der Waals surface area contributed by atoms with E-state index in [2.05, 4.69) is 20.9 Å². The highest BCUT2D eigenvalue weighted by Gasteiger charge is 2.61. The minimum Gasteiger partial charge on any atom is -0.469 e. The molecule has 5 atom stereocenters. The van der Waals surface area contributed by atoms with Gasteiger partial charge in [0.2, 0.25) is 23.6 Å². The van der Waals surface area contributed by atoms with E-state index in [-0.39, 0.29) is 42.3 Å². The zero-order valence-electron chi connectivity index (χ0n) is 26.6. The molecule has 4 aromatic rings. The summed E-state index contributed by atoms with van der Waals surface area (Å²) in [6, 6.07) is 8.15. The Morgan fingerprint density at radius 3 is 2.70 bits per heavy atom. The van der Waals surface area contributed by atoms with Crippen LogP contribution >= 0.6 is 0 Å². The lowest BCUT2D eigenvalue weighted by Gasteiger charge is -2.29. The Morgan fingerprint density at radius 1 is 1.15 bits per heavy atom. The van der Waals surface area contributed by atoms with Crippen LogP contribution in [0.2, 0.25) is 0 Å². The first-order valence-corrected chi connectivity index (χ1v) is 15.6. The molecule has 3 unspecified atom stereocenters. The quantitative estimate of drug-likeness (QED) is 0.232. The average molecular weight is 646 g/mol. The topological polar surface area (TPSA) is 161 Å². The van der Waals surface area contributed by atoms with Gasteiger partial charge in [-0.05, 0) is 41.7 Å². The second-order valence-electron chi connectivity index (χ2n) is 13.0. The molecule has 2 amide bonds. The normalized spacial score (nSPS) is 23.3. The molecule has 1 spiro atoms. The SMILES string of the molecule is COCc1coc(-c2nc3oc2C24c5cc(F)ccc5NC2Oc2ccc(cc24)C[C@H](NC(=O)[C@@H](O)C(C)C)C(=O)NC3C(C)C)n1. The van der Waals surface area contributed by atoms with Gasteiger partial charge < -0.3 is 39.4 Å². The molecule has 47 heavy (non-hydrogen) atoms. The highest BCUT2D eigenvalue weighted by atomic mass is 19.1. The summed E-state index contributed by atoms with van der Waals surface area (Å²) in [6.07, 6.45) is -0.494. The lowest BCUT2D eigenvalue weighted by Crippen LogP contribution is -2.52. The number of amides is 2. The number of anilines is 1. The van der Waals surface area contributed by atoms with E-state index in [9.17, 15) is 14.7 Å². The fourth-order valence-corrected chi connectivity index (χ4v) is 6.65. The maximum absolute atomic E-state index is 15.1. The monoisotopic (exact) mass is 645 g/mol. The molecule has 3 aliphatic heterocycles. The molecule has 12 nitrogen and oxygen atoms in total. The van der Waals surface area contributed by atoms with Gasteiger partial charge in [0.15, 0.2) is 17.7 Å². The molecular formula is C34H36FN5O7. The highest BCUT2D eigenvalue weighted by Crippen LogP contribution is 2.59. The Kier molecular flexibility index (Phi) is 7.55. The van der Waals surface area contributed by atoms with Gasteiger partial charge >= 0.3 is 0 Å². The summed E-state index contributed by atoms with van der Waals surface area (Å²) < 4.78 is 39.5. The van der Waals surface area contributed by atoms with Gasteiger partial charge in [-0.3, -0.25) is 9.59 Å². The molecule has 5 heterocycles. The molecule has 0 aliphatic carbocycles. The molecule has 3 aliphatic rings. The van der Waals surface area contributed by atoms with Crippen molar-refractivity contribution in [2.24, 2.45) is 11.8 Å². The lowest BCUT2D eigenvalue weighted by atomic mass is 9.72. The van der Waals surface area contributed by atoms with Crippen LogP contribution in [0.5, 0.6) is 5.75 Å². The Labute approximate surface area is 270 Å². The van der Waals surface area contributed by atoms with Crippen molar-refractivity contribution in [2.75, 3.05) is 12.4 Å². The number of oxazole rings is 2. The number of aliphatic hydroxyl groups is 1. The number of benzene rings is 2. The van der Waals surface area contributed by atoms with E-state index in [4.69, 9.17) is 23.3 Å². The Hall–Kier alpha value is -4.75. The first-order valence-electron chi connectivity index (χ1n) is 15.6. The van der Waals surface area contributed by atoms with Gasteiger partial charge in [0, 0.05) is 30.3 Å². The van der Waals surface area contributed by atoms with Gasteiger partial charge in [0.1, 0.15) is 47.1 Å². The van der Waals surface area contributed by atoms with E-state index in [0.29, 0.717) is 39.6 Å². The third-order valence-corrected chi connectivity index (χ3v) is 9.05. The minimum atomic E-state index is -1.31. The van der Waals surface area contributed by atoms with E-state index in [0.717, 1.165) is 0 Å². The number of hydrogen-bond acceptors (Lipinski definition) is 10. The molecule has 246 valence electrons. The van der Waals surface area contributed by atoms with Crippen molar-refractivity contribution in [2.45, 2.75) is 70.6 Å². The van der Waals surface area contributed by atoms with Crippen molar-refractivity contribution in [1.29, 1.82) is 0 Å². The summed E-state index contributed by atoms with van der Waals surface area (Å²) in [7, 11) is 1.55. The number of nitrogens with zero attached hydrogens (tertiary/aromatic N) is 2. The van der Waals surface area contributed by atoms with Crippen LogP contribution in [0.3, 0.4) is 0 Å². The van der Waals surface area contributed by atoms with Crippen LogP contribution in [-0.2, 0) is 32.8 Å². The van der Waals surface area contributed by atoms with Crippen molar-refractivity contribution >= 4 is 17.5 Å². The van der Waals surface area contributed by atoms with Gasteiger partial charge in [-0.25, -0.2) is 14.4 Å². The molecule has 0 saturated carbocycles. The van der Waals surface area contributed by atoms with E-state index in [1.54, 1.807) is 33.1 Å². The zero-order chi connectivity index (χ0) is 33.2. The number of nitrogens with one attached hydrogen (secondary N) is 3. The van der Waals surface area contributed by atoms with Gasteiger partial charge in [0.05, 0.1) is 6.61 Å². The maximum Gasteiger partial charge on any atom is 0.249 e. The van der Waals surface area contributed by atoms with Crippen LogP contribution in [0, 0.1) is 17.7 Å². The summed E-state index contributed by atoms with van der Waals surface area (Å²) in [5, 5.41) is 19.7. The number of fused-ring (bicyclic) bond motifs is 4. The fourth-order valence-electron chi connectivity index (χ4n) is 6.65. The van der Waals surface area contributed by atoms with Crippen molar-refractivity contribution in [3.8, 4) is 17.3 Å². The van der Waals surface area contributed by atoms with Gasteiger partial charge in [0.25, 0.3) is 0 Å². The predicted octanol–water partition coefficient (Wildman–Crippen LogP) is 3.96. The first kappa shape index (κ1) is 30.9. The van der Waals surface area contributed by atoms with Gasteiger partial charge in [-0.2, -0.15) is 0 Å². The van der Waals surface area contributed by atoms with Crippen LogP contribution < -0.4 is 20.7 Å². The van der Waals surface area contributed by atoms with Crippen molar-refractivity contribution in [3.63, 3.8) is 0 Å². The predicted molar refractivity (Wildman–Crippen MR) is 166 cm³/mol. The Bertz CT molecular complexity index is 1870. The van der Waals surface area contributed by atoms with Crippen LogP contribution in [0.4, 0.5) is 10.1 Å². The average Bonchev–Trinajstić information content (AvgIpc) is 3.80. The number of rotatable bonds is 7.